The van der Waals surface area contributed by atoms with Gasteiger partial charge in [-0.2, -0.15) is 5.10 Å². The van der Waals surface area contributed by atoms with Crippen molar-refractivity contribution in [3.63, 3.8) is 0 Å². The van der Waals surface area contributed by atoms with Crippen LogP contribution in [0.4, 0.5) is 5.69 Å². The third-order valence-electron chi connectivity index (χ3n) is 4.17. The van der Waals surface area contributed by atoms with Crippen molar-refractivity contribution in [2.75, 3.05) is 19.5 Å². The Morgan fingerprint density at radius 3 is 2.80 bits per heavy atom. The molecule has 0 saturated heterocycles. The minimum Gasteiger partial charge on any atom is -0.497 e. The molecule has 0 fully saturated rings. The molecule has 0 spiro atoms. The van der Waals surface area contributed by atoms with Gasteiger partial charge in [-0.3, -0.25) is 14.9 Å². The van der Waals surface area contributed by atoms with Crippen molar-refractivity contribution in [2.24, 2.45) is 10.1 Å². The number of carbonyl (C=O) groups excluding carboxylic acids is 2. The fraction of sp³-hybridized carbons (Fsp3) is 0.200. The summed E-state index contributed by atoms with van der Waals surface area (Å²) in [5, 5.41) is 9.81. The van der Waals surface area contributed by atoms with Gasteiger partial charge in [-0.1, -0.05) is 29.8 Å². The van der Waals surface area contributed by atoms with Gasteiger partial charge in [-0.25, -0.2) is 10.4 Å². The quantitative estimate of drug-likeness (QED) is 0.461. The fourth-order valence-electron chi connectivity index (χ4n) is 2.67. The summed E-state index contributed by atoms with van der Waals surface area (Å²) >= 11 is 6.05. The molecule has 156 valence electrons. The van der Waals surface area contributed by atoms with Gasteiger partial charge in [0.25, 0.3) is 5.91 Å². The summed E-state index contributed by atoms with van der Waals surface area (Å²) in [6, 6.07) is 11.3. The lowest BCUT2D eigenvalue weighted by atomic mass is 10.2. The molecular weight excluding hydrogens is 410 g/mol. The van der Waals surface area contributed by atoms with Gasteiger partial charge in [0.15, 0.2) is 0 Å². The van der Waals surface area contributed by atoms with Crippen LogP contribution in [0, 0.1) is 0 Å². The normalized spacial score (nSPS) is 15.5. The molecule has 0 aliphatic carbocycles. The van der Waals surface area contributed by atoms with E-state index < -0.39 is 17.9 Å². The van der Waals surface area contributed by atoms with Crippen molar-refractivity contribution in [1.29, 1.82) is 0 Å². The SMILES string of the molecule is COc1ccc(OC)c(NC(=O)C[C@H]2N=C(N/N=C\c3ccccc3Cl)NC2=O)c1. The number of methoxy groups -OCH3 is 2. The number of benzene rings is 2. The number of hydrogen-bond donors (Lipinski definition) is 3. The van der Waals surface area contributed by atoms with Crippen LogP contribution in [0.1, 0.15) is 12.0 Å². The smallest absolute Gasteiger partial charge is 0.252 e. The Kier molecular flexibility index (Phi) is 6.87. The minimum atomic E-state index is -0.875. The summed E-state index contributed by atoms with van der Waals surface area (Å²) in [4.78, 5) is 28.7. The predicted molar refractivity (Wildman–Crippen MR) is 114 cm³/mol. The highest BCUT2D eigenvalue weighted by Crippen LogP contribution is 2.29. The first-order chi connectivity index (χ1) is 14.5. The standard InChI is InChI=1S/C20H20ClN5O4/c1-29-13-7-8-17(30-2)15(9-13)23-18(27)10-16-19(28)25-20(24-16)26-22-11-12-5-3-4-6-14(12)21/h3-9,11,16H,10H2,1-2H3,(H,23,27)(H2,24,25,26,28)/b22-11-/t16-/m1/s1. The van der Waals surface area contributed by atoms with Crippen LogP contribution in [0.2, 0.25) is 5.02 Å². The number of halogens is 1. The lowest BCUT2D eigenvalue weighted by Gasteiger charge is -2.12. The Bertz CT molecular complexity index is 1010. The Morgan fingerprint density at radius 1 is 1.27 bits per heavy atom. The molecule has 0 unspecified atom stereocenters. The van der Waals surface area contributed by atoms with Crippen LogP contribution in [0.15, 0.2) is 52.6 Å². The second kappa shape index (κ2) is 9.75. The van der Waals surface area contributed by atoms with E-state index in [1.807, 2.05) is 12.1 Å². The number of amides is 2. The van der Waals surface area contributed by atoms with Crippen LogP contribution in [0.25, 0.3) is 0 Å². The molecule has 3 N–H and O–H groups in total. The minimum absolute atomic E-state index is 0.147. The van der Waals surface area contributed by atoms with Crippen LogP contribution in [0.5, 0.6) is 11.5 Å². The van der Waals surface area contributed by atoms with Gasteiger partial charge in [-0.05, 0) is 18.2 Å². The Hall–Kier alpha value is -3.59. The van der Waals surface area contributed by atoms with Crippen molar-refractivity contribution >= 4 is 41.3 Å². The third kappa shape index (κ3) is 5.26. The van der Waals surface area contributed by atoms with Crippen molar-refractivity contribution < 1.29 is 19.1 Å². The van der Waals surface area contributed by atoms with Crippen molar-refractivity contribution in [3.05, 3.63) is 53.1 Å². The maximum absolute atomic E-state index is 12.4. The number of anilines is 1. The van der Waals surface area contributed by atoms with Crippen LogP contribution >= 0.6 is 11.6 Å². The number of nitrogens with one attached hydrogen (secondary N) is 3. The fourth-order valence-corrected chi connectivity index (χ4v) is 2.86. The summed E-state index contributed by atoms with van der Waals surface area (Å²) in [7, 11) is 3.01. The van der Waals surface area contributed by atoms with Gasteiger partial charge >= 0.3 is 0 Å². The molecule has 3 rings (SSSR count). The molecule has 2 amide bonds. The summed E-state index contributed by atoms with van der Waals surface area (Å²) in [5.41, 5.74) is 3.78. The maximum Gasteiger partial charge on any atom is 0.252 e. The van der Waals surface area contributed by atoms with Gasteiger partial charge in [0.1, 0.15) is 17.5 Å². The van der Waals surface area contributed by atoms with Crippen LogP contribution < -0.4 is 25.5 Å². The van der Waals surface area contributed by atoms with E-state index in [-0.39, 0.29) is 12.4 Å². The highest BCUT2D eigenvalue weighted by atomic mass is 35.5. The number of ether oxygens (including phenoxy) is 2. The number of guanidine groups is 1. The number of nitrogens with zero attached hydrogens (tertiary/aromatic N) is 2. The maximum atomic E-state index is 12.4. The molecule has 0 radical (unpaired) electrons. The molecule has 1 heterocycles. The van der Waals surface area contributed by atoms with Gasteiger partial charge in [0.05, 0.1) is 32.5 Å². The van der Waals surface area contributed by atoms with E-state index in [1.165, 1.54) is 20.4 Å². The van der Waals surface area contributed by atoms with E-state index in [1.54, 1.807) is 30.3 Å². The molecular formula is C20H20ClN5O4. The van der Waals surface area contributed by atoms with Crippen LogP contribution in [0.3, 0.4) is 0 Å². The first-order valence-corrected chi connectivity index (χ1v) is 9.32. The lowest BCUT2D eigenvalue weighted by Crippen LogP contribution is -2.35. The predicted octanol–water partition coefficient (Wildman–Crippen LogP) is 2.16. The molecule has 0 saturated carbocycles. The topological polar surface area (TPSA) is 113 Å². The monoisotopic (exact) mass is 429 g/mol. The molecule has 2 aromatic rings. The van der Waals surface area contributed by atoms with E-state index in [2.05, 4.69) is 26.2 Å². The molecule has 1 aliphatic heterocycles. The summed E-state index contributed by atoms with van der Waals surface area (Å²) in [6.07, 6.45) is 1.36. The first-order valence-electron chi connectivity index (χ1n) is 8.94. The molecule has 2 aromatic carbocycles. The first kappa shape index (κ1) is 21.1. The van der Waals surface area contributed by atoms with Gasteiger partial charge < -0.3 is 14.8 Å². The molecule has 0 aromatic heterocycles. The highest BCUT2D eigenvalue weighted by molar-refractivity contribution is 6.33. The highest BCUT2D eigenvalue weighted by Gasteiger charge is 2.28. The molecule has 0 bridgehead atoms. The molecule has 9 nitrogen and oxygen atoms in total. The summed E-state index contributed by atoms with van der Waals surface area (Å²) in [5.74, 6) is 0.384. The zero-order valence-corrected chi connectivity index (χ0v) is 17.1. The second-order valence-corrected chi connectivity index (χ2v) is 6.60. The number of rotatable bonds is 7. The zero-order chi connectivity index (χ0) is 21.5. The van der Waals surface area contributed by atoms with Crippen LogP contribution in [-0.2, 0) is 9.59 Å². The molecule has 1 aliphatic rings. The lowest BCUT2D eigenvalue weighted by molar-refractivity contribution is -0.123. The Labute approximate surface area is 178 Å². The van der Waals surface area contributed by atoms with E-state index in [0.29, 0.717) is 27.8 Å². The number of hydrazone groups is 1. The third-order valence-corrected chi connectivity index (χ3v) is 4.51. The summed E-state index contributed by atoms with van der Waals surface area (Å²) < 4.78 is 10.4. The van der Waals surface area contributed by atoms with E-state index in [0.717, 1.165) is 0 Å². The Morgan fingerprint density at radius 2 is 2.07 bits per heavy atom. The molecule has 1 atom stereocenters. The average Bonchev–Trinajstić information content (AvgIpc) is 3.08. The van der Waals surface area contributed by atoms with E-state index in [9.17, 15) is 9.59 Å². The Balaban J connectivity index is 1.60. The van der Waals surface area contributed by atoms with Gasteiger partial charge in [0.2, 0.25) is 11.9 Å². The van der Waals surface area contributed by atoms with Crippen molar-refractivity contribution in [1.82, 2.24) is 10.7 Å². The zero-order valence-electron chi connectivity index (χ0n) is 16.3. The molecule has 10 heteroatoms. The largest absolute Gasteiger partial charge is 0.497 e. The van der Waals surface area contributed by atoms with Gasteiger partial charge in [-0.15, -0.1) is 0 Å². The van der Waals surface area contributed by atoms with Crippen LogP contribution in [-0.4, -0.2) is 44.2 Å². The van der Waals surface area contributed by atoms with Crippen molar-refractivity contribution in [3.8, 4) is 11.5 Å². The summed E-state index contributed by atoms with van der Waals surface area (Å²) in [6.45, 7) is 0. The second-order valence-electron chi connectivity index (χ2n) is 6.19. The number of hydrogen-bond acceptors (Lipinski definition) is 7. The molecule has 30 heavy (non-hydrogen) atoms. The van der Waals surface area contributed by atoms with Crippen molar-refractivity contribution in [2.45, 2.75) is 12.5 Å². The number of carbonyl (C=O) groups is 2. The van der Waals surface area contributed by atoms with Gasteiger partial charge in [0, 0.05) is 16.7 Å². The van der Waals surface area contributed by atoms with E-state index in [4.69, 9.17) is 21.1 Å². The number of aliphatic imine (C=N–C) groups is 1. The van der Waals surface area contributed by atoms with E-state index >= 15 is 0 Å². The average molecular weight is 430 g/mol.